The molecule has 1 aromatic heterocycles. The van der Waals surface area contributed by atoms with E-state index in [1.807, 2.05) is 4.57 Å². The topological polar surface area (TPSA) is 39.1 Å². The van der Waals surface area contributed by atoms with Crippen LogP contribution in [0, 0.1) is 5.82 Å². The van der Waals surface area contributed by atoms with E-state index in [9.17, 15) is 12.8 Å². The molecule has 0 saturated carbocycles. The van der Waals surface area contributed by atoms with Crippen molar-refractivity contribution in [1.29, 1.82) is 0 Å². The second-order valence-corrected chi connectivity index (χ2v) is 6.10. The van der Waals surface area contributed by atoms with Crippen molar-refractivity contribution < 1.29 is 12.8 Å². The SMILES string of the molecule is CS(=O)(=O)CCn1ccc2cc(F)ccc21. The number of rotatable bonds is 3. The summed E-state index contributed by atoms with van der Waals surface area (Å²) < 4.78 is 36.8. The fourth-order valence-electron chi connectivity index (χ4n) is 1.63. The molecule has 0 bridgehead atoms. The number of hydrogen-bond acceptors (Lipinski definition) is 2. The Morgan fingerprint density at radius 3 is 2.75 bits per heavy atom. The Balaban J connectivity index is 2.32. The molecule has 5 heteroatoms. The maximum absolute atomic E-state index is 12.9. The molecule has 2 aromatic rings. The Kier molecular flexibility index (Phi) is 2.71. The fourth-order valence-corrected chi connectivity index (χ4v) is 2.16. The Morgan fingerprint density at radius 2 is 2.06 bits per heavy atom. The second kappa shape index (κ2) is 3.90. The van der Waals surface area contributed by atoms with Crippen molar-refractivity contribution in [2.24, 2.45) is 0 Å². The van der Waals surface area contributed by atoms with Crippen LogP contribution in [0.5, 0.6) is 0 Å². The zero-order chi connectivity index (χ0) is 11.8. The first-order chi connectivity index (χ1) is 7.46. The van der Waals surface area contributed by atoms with Gasteiger partial charge in [0.15, 0.2) is 0 Å². The highest BCUT2D eigenvalue weighted by Gasteiger charge is 2.05. The molecule has 2 rings (SSSR count). The highest BCUT2D eigenvalue weighted by Crippen LogP contribution is 2.16. The van der Waals surface area contributed by atoms with E-state index in [1.54, 1.807) is 18.3 Å². The summed E-state index contributed by atoms with van der Waals surface area (Å²) in [6.07, 6.45) is 2.98. The van der Waals surface area contributed by atoms with Gasteiger partial charge in [-0.05, 0) is 24.3 Å². The fraction of sp³-hybridized carbons (Fsp3) is 0.273. The maximum atomic E-state index is 12.9. The lowest BCUT2D eigenvalue weighted by atomic mass is 10.2. The zero-order valence-corrected chi connectivity index (χ0v) is 9.67. The molecule has 86 valence electrons. The lowest BCUT2D eigenvalue weighted by Gasteiger charge is -2.03. The molecule has 0 spiro atoms. The molecule has 0 aliphatic rings. The molecule has 0 atom stereocenters. The first-order valence-electron chi connectivity index (χ1n) is 4.88. The molecule has 0 aliphatic heterocycles. The van der Waals surface area contributed by atoms with Gasteiger partial charge in [0.25, 0.3) is 0 Å². The van der Waals surface area contributed by atoms with E-state index in [0.29, 0.717) is 6.54 Å². The summed E-state index contributed by atoms with van der Waals surface area (Å²) in [6.45, 7) is 0.397. The van der Waals surface area contributed by atoms with Gasteiger partial charge in [0.05, 0.1) is 5.75 Å². The molecule has 0 unspecified atom stereocenters. The molecule has 1 aromatic carbocycles. The second-order valence-electron chi connectivity index (χ2n) is 3.84. The molecule has 0 aliphatic carbocycles. The average Bonchev–Trinajstić information content (AvgIpc) is 2.56. The number of hydrogen-bond donors (Lipinski definition) is 0. The lowest BCUT2D eigenvalue weighted by Crippen LogP contribution is -2.10. The number of aromatic nitrogens is 1. The van der Waals surface area contributed by atoms with Gasteiger partial charge in [-0.25, -0.2) is 12.8 Å². The van der Waals surface area contributed by atoms with Gasteiger partial charge in [0, 0.05) is 29.9 Å². The Labute approximate surface area is 93.4 Å². The van der Waals surface area contributed by atoms with Gasteiger partial charge in [-0.2, -0.15) is 0 Å². The predicted molar refractivity (Wildman–Crippen MR) is 61.6 cm³/mol. The highest BCUT2D eigenvalue weighted by molar-refractivity contribution is 7.90. The van der Waals surface area contributed by atoms with Gasteiger partial charge >= 0.3 is 0 Å². The Hall–Kier alpha value is -1.36. The van der Waals surface area contributed by atoms with E-state index in [4.69, 9.17) is 0 Å². The largest absolute Gasteiger partial charge is 0.346 e. The van der Waals surface area contributed by atoms with Gasteiger partial charge < -0.3 is 4.57 Å². The van der Waals surface area contributed by atoms with Crippen molar-refractivity contribution in [3.63, 3.8) is 0 Å². The molecule has 0 saturated heterocycles. The highest BCUT2D eigenvalue weighted by atomic mass is 32.2. The molecule has 0 amide bonds. The van der Waals surface area contributed by atoms with E-state index in [0.717, 1.165) is 10.9 Å². The van der Waals surface area contributed by atoms with Crippen LogP contribution >= 0.6 is 0 Å². The first kappa shape index (κ1) is 11.1. The Bertz CT molecular complexity index is 616. The van der Waals surface area contributed by atoms with E-state index in [-0.39, 0.29) is 11.6 Å². The van der Waals surface area contributed by atoms with Crippen molar-refractivity contribution >= 4 is 20.7 Å². The summed E-state index contributed by atoms with van der Waals surface area (Å²) in [6, 6.07) is 6.25. The third-order valence-electron chi connectivity index (χ3n) is 2.44. The van der Waals surface area contributed by atoms with E-state index in [1.165, 1.54) is 18.4 Å². The Morgan fingerprint density at radius 1 is 1.31 bits per heavy atom. The smallest absolute Gasteiger partial charge is 0.149 e. The van der Waals surface area contributed by atoms with Crippen molar-refractivity contribution in [3.05, 3.63) is 36.3 Å². The predicted octanol–water partition coefficient (Wildman–Crippen LogP) is 1.82. The van der Waals surface area contributed by atoms with Gasteiger partial charge in [0.1, 0.15) is 15.7 Å². The number of sulfone groups is 1. The number of benzene rings is 1. The van der Waals surface area contributed by atoms with Crippen LogP contribution in [0.2, 0.25) is 0 Å². The average molecular weight is 241 g/mol. The number of halogens is 1. The zero-order valence-electron chi connectivity index (χ0n) is 8.85. The number of nitrogens with zero attached hydrogens (tertiary/aromatic N) is 1. The van der Waals surface area contributed by atoms with Crippen LogP contribution < -0.4 is 0 Å². The minimum atomic E-state index is -2.97. The first-order valence-corrected chi connectivity index (χ1v) is 6.94. The van der Waals surface area contributed by atoms with Crippen LogP contribution in [-0.2, 0) is 16.4 Å². The van der Waals surface area contributed by atoms with Gasteiger partial charge in [-0.1, -0.05) is 0 Å². The molecular formula is C11H12FNO2S. The van der Waals surface area contributed by atoms with Crippen LogP contribution in [0.15, 0.2) is 30.5 Å². The number of aryl methyl sites for hydroxylation is 1. The molecule has 0 fully saturated rings. The summed E-state index contributed by atoms with van der Waals surface area (Å²) in [4.78, 5) is 0. The van der Waals surface area contributed by atoms with Crippen LogP contribution in [0.25, 0.3) is 10.9 Å². The molecule has 16 heavy (non-hydrogen) atoms. The standard InChI is InChI=1S/C11H12FNO2S/c1-16(14,15)7-6-13-5-4-9-8-10(12)2-3-11(9)13/h2-5,8H,6-7H2,1H3. The van der Waals surface area contributed by atoms with Crippen LogP contribution in [0.1, 0.15) is 0 Å². The minimum Gasteiger partial charge on any atom is -0.346 e. The molecule has 0 N–H and O–H groups in total. The number of fused-ring (bicyclic) bond motifs is 1. The summed E-state index contributed by atoms with van der Waals surface area (Å²) in [5.41, 5.74) is 0.852. The summed E-state index contributed by atoms with van der Waals surface area (Å²) in [5, 5.41) is 0.786. The summed E-state index contributed by atoms with van der Waals surface area (Å²) >= 11 is 0. The van der Waals surface area contributed by atoms with Gasteiger partial charge in [0.2, 0.25) is 0 Å². The van der Waals surface area contributed by atoms with Crippen LogP contribution in [0.4, 0.5) is 4.39 Å². The van der Waals surface area contributed by atoms with Crippen LogP contribution in [-0.4, -0.2) is 25.0 Å². The van der Waals surface area contributed by atoms with Crippen molar-refractivity contribution in [2.75, 3.05) is 12.0 Å². The molecular weight excluding hydrogens is 229 g/mol. The van der Waals surface area contributed by atoms with E-state index in [2.05, 4.69) is 0 Å². The van der Waals surface area contributed by atoms with Gasteiger partial charge in [-0.15, -0.1) is 0 Å². The third-order valence-corrected chi connectivity index (χ3v) is 3.36. The van der Waals surface area contributed by atoms with Crippen molar-refractivity contribution in [1.82, 2.24) is 4.57 Å². The quantitative estimate of drug-likeness (QED) is 0.822. The van der Waals surface area contributed by atoms with Crippen LogP contribution in [0.3, 0.4) is 0 Å². The maximum Gasteiger partial charge on any atom is 0.149 e. The van der Waals surface area contributed by atoms with E-state index < -0.39 is 9.84 Å². The van der Waals surface area contributed by atoms with Gasteiger partial charge in [-0.3, -0.25) is 0 Å². The monoisotopic (exact) mass is 241 g/mol. The molecule has 0 radical (unpaired) electrons. The summed E-state index contributed by atoms with van der Waals surface area (Å²) in [7, 11) is -2.97. The third kappa shape index (κ3) is 2.41. The normalized spacial score (nSPS) is 12.1. The molecule has 1 heterocycles. The minimum absolute atomic E-state index is 0.0914. The lowest BCUT2D eigenvalue weighted by molar-refractivity contribution is 0.595. The van der Waals surface area contributed by atoms with Crippen molar-refractivity contribution in [2.45, 2.75) is 6.54 Å². The summed E-state index contributed by atoms with van der Waals surface area (Å²) in [5.74, 6) is -0.192. The molecule has 3 nitrogen and oxygen atoms in total. The van der Waals surface area contributed by atoms with E-state index >= 15 is 0 Å². The van der Waals surface area contributed by atoms with Crippen molar-refractivity contribution in [3.8, 4) is 0 Å².